The third-order valence-corrected chi connectivity index (χ3v) is 4.71. The Kier molecular flexibility index (Phi) is 3.97. The molecule has 0 fully saturated rings. The van der Waals surface area contributed by atoms with E-state index in [1.807, 2.05) is 18.2 Å². The van der Waals surface area contributed by atoms with Crippen molar-refractivity contribution in [1.29, 1.82) is 0 Å². The summed E-state index contributed by atoms with van der Waals surface area (Å²) >= 11 is 6.23. The zero-order valence-electron chi connectivity index (χ0n) is 11.7. The monoisotopic (exact) mass is 345 g/mol. The van der Waals surface area contributed by atoms with Gasteiger partial charge in [0.15, 0.2) is 9.74 Å². The average Bonchev–Trinajstić information content (AvgIpc) is 2.75. The number of carbonyl (C=O) groups is 2. The molecule has 3 rings (SSSR count). The van der Waals surface area contributed by atoms with Gasteiger partial charge in [-0.15, -0.1) is 11.3 Å². The minimum atomic E-state index is -1.07. The molecule has 0 saturated heterocycles. The van der Waals surface area contributed by atoms with Crippen molar-refractivity contribution in [2.75, 3.05) is 0 Å². The molecule has 0 bridgehead atoms. The zero-order chi connectivity index (χ0) is 16.6. The first-order valence-electron chi connectivity index (χ1n) is 6.64. The van der Waals surface area contributed by atoms with Crippen LogP contribution in [0.15, 0.2) is 24.3 Å². The molecule has 1 aliphatic rings. The summed E-state index contributed by atoms with van der Waals surface area (Å²) in [5, 5.41) is 20.7. The van der Waals surface area contributed by atoms with Gasteiger partial charge in [-0.1, -0.05) is 18.2 Å². The molecule has 1 aliphatic carbocycles. The van der Waals surface area contributed by atoms with Crippen LogP contribution in [0.25, 0.3) is 18.2 Å². The first-order valence-corrected chi connectivity index (χ1v) is 7.86. The summed E-state index contributed by atoms with van der Waals surface area (Å²) in [6, 6.07) is 5.54. The van der Waals surface area contributed by atoms with Gasteiger partial charge < -0.3 is 10.2 Å². The number of thiazole rings is 1. The van der Waals surface area contributed by atoms with E-state index in [0.717, 1.165) is 27.3 Å². The summed E-state index contributed by atoms with van der Waals surface area (Å²) in [5.74, 6) is -1.27. The summed E-state index contributed by atoms with van der Waals surface area (Å²) in [6.07, 6.45) is 6.53. The molecule has 0 spiro atoms. The second kappa shape index (κ2) is 5.94. The van der Waals surface area contributed by atoms with Gasteiger partial charge in [0.1, 0.15) is 6.54 Å². The fourth-order valence-corrected chi connectivity index (χ4v) is 3.53. The molecule has 0 amide bonds. The highest BCUT2D eigenvalue weighted by atomic mass is 32.1. The first-order chi connectivity index (χ1) is 10.9. The molecule has 0 unspecified atom stereocenters. The molecule has 0 atom stereocenters. The van der Waals surface area contributed by atoms with Crippen LogP contribution in [-0.2, 0) is 16.1 Å². The summed E-state index contributed by atoms with van der Waals surface area (Å²) in [5.41, 5.74) is 0.909. The maximum absolute atomic E-state index is 11.3. The van der Waals surface area contributed by atoms with E-state index in [1.54, 1.807) is 18.2 Å². The fourth-order valence-electron chi connectivity index (χ4n) is 2.27. The predicted molar refractivity (Wildman–Crippen MR) is 90.2 cm³/mol. The summed E-state index contributed by atoms with van der Waals surface area (Å²) in [7, 11) is 0. The average molecular weight is 345 g/mol. The van der Waals surface area contributed by atoms with Gasteiger partial charge in [-0.3, -0.25) is 14.2 Å². The predicted octanol–water partition coefficient (Wildman–Crippen LogP) is 1.27. The number of allylic oxidation sites excluding steroid dienone is 1. The third-order valence-electron chi connectivity index (χ3n) is 3.32. The number of aromatic nitrogens is 1. The van der Waals surface area contributed by atoms with Gasteiger partial charge in [-0.2, -0.15) is 0 Å². The number of benzene rings is 1. The lowest BCUT2D eigenvalue weighted by Gasteiger charge is -2.01. The smallest absolute Gasteiger partial charge is 0.323 e. The Balaban J connectivity index is 2.08. The van der Waals surface area contributed by atoms with Gasteiger partial charge >= 0.3 is 5.97 Å². The lowest BCUT2D eigenvalue weighted by molar-refractivity contribution is -0.137. The van der Waals surface area contributed by atoms with E-state index in [-0.39, 0.29) is 18.2 Å². The van der Waals surface area contributed by atoms with Gasteiger partial charge in [-0.05, 0) is 52.5 Å². The molecule has 0 aliphatic heterocycles. The van der Waals surface area contributed by atoms with Crippen LogP contribution in [0.2, 0.25) is 0 Å². The number of carbonyl (C=O) groups excluding carboxylic acids is 1. The standard InChI is InChI=1S/C16H11NO4S2/c18-12-4-3-10-5-9(1-2-11(10)7-12)6-13-15(21)17(8-14(19)20)16(22)23-13/h1-7,21H,8H2,(H,19,20). The first kappa shape index (κ1) is 15.4. The second-order valence-corrected chi connectivity index (χ2v) is 6.62. The highest BCUT2D eigenvalue weighted by Crippen LogP contribution is 2.26. The number of rotatable bonds is 3. The van der Waals surface area contributed by atoms with Crippen molar-refractivity contribution in [3.05, 3.63) is 49.1 Å². The second-order valence-electron chi connectivity index (χ2n) is 4.95. The molecular formula is C16H11NO4S2. The van der Waals surface area contributed by atoms with Gasteiger partial charge in [0.05, 0.1) is 4.88 Å². The van der Waals surface area contributed by atoms with Crippen molar-refractivity contribution in [1.82, 2.24) is 4.57 Å². The van der Waals surface area contributed by atoms with Gasteiger partial charge in [0.25, 0.3) is 0 Å². The lowest BCUT2D eigenvalue weighted by Crippen LogP contribution is -2.16. The van der Waals surface area contributed by atoms with Gasteiger partial charge in [-0.25, -0.2) is 0 Å². The molecule has 116 valence electrons. The normalized spacial score (nSPS) is 13.7. The number of hydrogen-bond donors (Lipinski definition) is 2. The highest BCUT2D eigenvalue weighted by molar-refractivity contribution is 7.73. The van der Waals surface area contributed by atoms with Crippen LogP contribution in [0, 0.1) is 3.95 Å². The maximum atomic E-state index is 11.3. The van der Waals surface area contributed by atoms with Crippen molar-refractivity contribution in [2.45, 2.75) is 6.54 Å². The molecular weight excluding hydrogens is 334 g/mol. The molecule has 7 heteroatoms. The molecule has 2 aromatic rings. The van der Waals surface area contributed by atoms with Crippen molar-refractivity contribution < 1.29 is 19.8 Å². The van der Waals surface area contributed by atoms with E-state index in [2.05, 4.69) is 0 Å². The number of aliphatic carboxylic acids is 1. The highest BCUT2D eigenvalue weighted by Gasteiger charge is 2.12. The molecule has 23 heavy (non-hydrogen) atoms. The number of carboxylic acid groups (broad SMARTS) is 1. The van der Waals surface area contributed by atoms with Crippen molar-refractivity contribution in [2.24, 2.45) is 0 Å². The lowest BCUT2D eigenvalue weighted by atomic mass is 10.0. The zero-order valence-corrected chi connectivity index (χ0v) is 13.4. The van der Waals surface area contributed by atoms with E-state index >= 15 is 0 Å². The molecule has 2 N–H and O–H groups in total. The van der Waals surface area contributed by atoms with Crippen LogP contribution in [0.5, 0.6) is 5.88 Å². The number of hydrogen-bond acceptors (Lipinski definition) is 5. The van der Waals surface area contributed by atoms with Crippen LogP contribution >= 0.6 is 23.6 Å². The molecule has 1 aromatic carbocycles. The van der Waals surface area contributed by atoms with E-state index in [0.29, 0.717) is 8.83 Å². The van der Waals surface area contributed by atoms with E-state index in [9.17, 15) is 14.7 Å². The Labute approximate surface area is 139 Å². The molecule has 5 nitrogen and oxygen atoms in total. The van der Waals surface area contributed by atoms with Gasteiger partial charge in [0.2, 0.25) is 5.88 Å². The number of fused-ring (bicyclic) bond motifs is 1. The maximum Gasteiger partial charge on any atom is 0.323 e. The largest absolute Gasteiger partial charge is 0.493 e. The molecule has 0 saturated carbocycles. The quantitative estimate of drug-likeness (QED) is 0.819. The molecule has 0 radical (unpaired) electrons. The van der Waals surface area contributed by atoms with Crippen LogP contribution in [0.4, 0.5) is 0 Å². The molecule has 1 aromatic heterocycles. The Morgan fingerprint density at radius 3 is 2.87 bits per heavy atom. The number of carboxylic acids is 1. The molecule has 1 heterocycles. The Hall–Kier alpha value is -2.51. The van der Waals surface area contributed by atoms with Crippen LogP contribution < -0.4 is 10.4 Å². The van der Waals surface area contributed by atoms with E-state index in [1.165, 1.54) is 10.6 Å². The number of nitrogens with zero attached hydrogens (tertiary/aromatic N) is 1. The summed E-state index contributed by atoms with van der Waals surface area (Å²) in [6.45, 7) is -0.376. The van der Waals surface area contributed by atoms with E-state index in [4.69, 9.17) is 17.3 Å². The van der Waals surface area contributed by atoms with Crippen LogP contribution in [-0.4, -0.2) is 26.5 Å². The van der Waals surface area contributed by atoms with Crippen LogP contribution in [0.3, 0.4) is 0 Å². The minimum absolute atomic E-state index is 0.0457. The van der Waals surface area contributed by atoms with Crippen LogP contribution in [0.1, 0.15) is 10.4 Å². The van der Waals surface area contributed by atoms with Crippen molar-refractivity contribution >= 4 is 53.5 Å². The Morgan fingerprint density at radius 1 is 1.35 bits per heavy atom. The SMILES string of the molecule is O=C1C=Cc2cc(=Cc3sc(=S)n(CC(=O)O)c3O)ccc2=C1. The summed E-state index contributed by atoms with van der Waals surface area (Å²) < 4.78 is 1.48. The topological polar surface area (TPSA) is 79.5 Å². The number of aromatic hydroxyl groups is 1. The van der Waals surface area contributed by atoms with Crippen molar-refractivity contribution in [3.8, 4) is 5.88 Å². The third kappa shape index (κ3) is 3.15. The number of ketones is 1. The summed E-state index contributed by atoms with van der Waals surface area (Å²) in [4.78, 5) is 22.6. The minimum Gasteiger partial charge on any atom is -0.493 e. The Bertz CT molecular complexity index is 1030. The fraction of sp³-hybridized carbons (Fsp3) is 0.0625. The Morgan fingerprint density at radius 2 is 2.13 bits per heavy atom. The van der Waals surface area contributed by atoms with E-state index < -0.39 is 5.97 Å². The van der Waals surface area contributed by atoms with Crippen molar-refractivity contribution in [3.63, 3.8) is 0 Å². The van der Waals surface area contributed by atoms with Gasteiger partial charge in [0, 0.05) is 0 Å².